The Kier molecular flexibility index (Phi) is 6.53. The standard InChI is InChI=1S/C24H26FN3O3S2/c1-14-7-8-18-19(10-14)33-22-21(18)23(30)28(12-17-6-3-9-31-17)24(27-22)32-13-20(29)26-16-5-2-4-15(25)11-16/h2,4-5,11,14,17H,3,6-10,12-13H2,1H3,(H,26,29). The van der Waals surface area contributed by atoms with Crippen molar-refractivity contribution in [3.63, 3.8) is 0 Å². The third kappa shape index (κ3) is 4.85. The number of ether oxygens (including phenoxy) is 1. The van der Waals surface area contributed by atoms with Crippen LogP contribution in [0.15, 0.2) is 34.2 Å². The molecule has 0 saturated carbocycles. The molecule has 1 amide bonds. The Morgan fingerprint density at radius 2 is 2.27 bits per heavy atom. The van der Waals surface area contributed by atoms with Gasteiger partial charge in [-0.15, -0.1) is 11.3 Å². The zero-order valence-electron chi connectivity index (χ0n) is 18.4. The number of carbonyl (C=O) groups excluding carboxylic acids is 1. The number of hydrogen-bond acceptors (Lipinski definition) is 6. The fourth-order valence-corrected chi connectivity index (χ4v) is 6.79. The average molecular weight is 488 g/mol. The molecule has 1 aromatic carbocycles. The SMILES string of the molecule is CC1CCc2c(sc3nc(SCC(=O)Nc4cccc(F)c4)n(CC4CCCO4)c(=O)c23)C1. The lowest BCUT2D eigenvalue weighted by Gasteiger charge is -2.18. The second-order valence-electron chi connectivity index (χ2n) is 8.82. The summed E-state index contributed by atoms with van der Waals surface area (Å²) in [5, 5.41) is 3.98. The van der Waals surface area contributed by atoms with Gasteiger partial charge in [0.1, 0.15) is 10.6 Å². The van der Waals surface area contributed by atoms with E-state index in [1.807, 2.05) is 0 Å². The molecule has 1 aliphatic carbocycles. The van der Waals surface area contributed by atoms with E-state index in [-0.39, 0.29) is 23.3 Å². The predicted octanol–water partition coefficient (Wildman–Crippen LogP) is 4.63. The van der Waals surface area contributed by atoms with Crippen LogP contribution in [0.25, 0.3) is 10.2 Å². The van der Waals surface area contributed by atoms with Crippen molar-refractivity contribution in [1.82, 2.24) is 9.55 Å². The number of amides is 1. The third-order valence-electron chi connectivity index (χ3n) is 6.23. The molecular weight excluding hydrogens is 461 g/mol. The summed E-state index contributed by atoms with van der Waals surface area (Å²) in [5.74, 6) is -0.000774. The van der Waals surface area contributed by atoms with Crippen LogP contribution in [0, 0.1) is 11.7 Å². The van der Waals surface area contributed by atoms with Gasteiger partial charge in [-0.1, -0.05) is 24.8 Å². The van der Waals surface area contributed by atoms with Crippen LogP contribution in [0.3, 0.4) is 0 Å². The van der Waals surface area contributed by atoms with Gasteiger partial charge in [0.15, 0.2) is 5.16 Å². The minimum atomic E-state index is -0.408. The normalized spacial score (nSPS) is 20.2. The van der Waals surface area contributed by atoms with Crippen molar-refractivity contribution >= 4 is 44.9 Å². The van der Waals surface area contributed by atoms with Crippen LogP contribution >= 0.6 is 23.1 Å². The van der Waals surface area contributed by atoms with E-state index >= 15 is 0 Å². The molecule has 3 aromatic rings. The van der Waals surface area contributed by atoms with Crippen LogP contribution in [0.4, 0.5) is 10.1 Å². The molecule has 5 rings (SSSR count). The van der Waals surface area contributed by atoms with Crippen molar-refractivity contribution in [2.45, 2.75) is 56.8 Å². The first-order valence-corrected chi connectivity index (χ1v) is 13.1. The highest BCUT2D eigenvalue weighted by Crippen LogP contribution is 2.36. The summed E-state index contributed by atoms with van der Waals surface area (Å²) in [6.45, 7) is 3.39. The van der Waals surface area contributed by atoms with Gasteiger partial charge in [-0.05, 0) is 61.8 Å². The first-order valence-electron chi connectivity index (χ1n) is 11.3. The molecule has 174 valence electrons. The molecule has 33 heavy (non-hydrogen) atoms. The largest absolute Gasteiger partial charge is 0.376 e. The summed E-state index contributed by atoms with van der Waals surface area (Å²) in [4.78, 5) is 33.0. The van der Waals surface area contributed by atoms with E-state index in [0.717, 1.165) is 47.9 Å². The number of nitrogens with zero attached hydrogens (tertiary/aromatic N) is 2. The van der Waals surface area contributed by atoms with E-state index in [0.29, 0.717) is 29.9 Å². The summed E-state index contributed by atoms with van der Waals surface area (Å²) >= 11 is 2.85. The molecule has 2 unspecified atom stereocenters. The number of carbonyl (C=O) groups is 1. The molecule has 2 aromatic heterocycles. The zero-order chi connectivity index (χ0) is 22.9. The summed E-state index contributed by atoms with van der Waals surface area (Å²) in [6, 6.07) is 5.79. The van der Waals surface area contributed by atoms with Gasteiger partial charge in [-0.25, -0.2) is 9.37 Å². The topological polar surface area (TPSA) is 73.2 Å². The molecule has 6 nitrogen and oxygen atoms in total. The highest BCUT2D eigenvalue weighted by molar-refractivity contribution is 7.99. The smallest absolute Gasteiger partial charge is 0.263 e. The molecule has 0 radical (unpaired) electrons. The number of thiophene rings is 1. The van der Waals surface area contributed by atoms with Crippen molar-refractivity contribution in [3.05, 3.63) is 50.9 Å². The number of aromatic nitrogens is 2. The van der Waals surface area contributed by atoms with Gasteiger partial charge in [-0.2, -0.15) is 0 Å². The van der Waals surface area contributed by atoms with E-state index in [9.17, 15) is 14.0 Å². The number of fused-ring (bicyclic) bond motifs is 3. The fraction of sp³-hybridized carbons (Fsp3) is 0.458. The zero-order valence-corrected chi connectivity index (χ0v) is 20.1. The Hall–Kier alpha value is -2.23. The van der Waals surface area contributed by atoms with E-state index in [1.165, 1.54) is 28.8 Å². The van der Waals surface area contributed by atoms with Crippen LogP contribution in [-0.4, -0.2) is 33.9 Å². The summed E-state index contributed by atoms with van der Waals surface area (Å²) in [7, 11) is 0. The van der Waals surface area contributed by atoms with Crippen molar-refractivity contribution in [3.8, 4) is 0 Å². The Labute approximate surface area is 199 Å². The maximum Gasteiger partial charge on any atom is 0.263 e. The Balaban J connectivity index is 1.44. The van der Waals surface area contributed by atoms with Gasteiger partial charge in [0, 0.05) is 17.2 Å². The Morgan fingerprint density at radius 3 is 3.06 bits per heavy atom. The number of hydrogen-bond donors (Lipinski definition) is 1. The minimum absolute atomic E-state index is 0.0168. The van der Waals surface area contributed by atoms with E-state index < -0.39 is 5.82 Å². The lowest BCUT2D eigenvalue weighted by Crippen LogP contribution is -2.29. The molecule has 3 heterocycles. The monoisotopic (exact) mass is 487 g/mol. The number of rotatable bonds is 6. The van der Waals surface area contributed by atoms with Crippen LogP contribution in [0.2, 0.25) is 0 Å². The van der Waals surface area contributed by atoms with Crippen molar-refractivity contribution in [2.75, 3.05) is 17.7 Å². The summed E-state index contributed by atoms with van der Waals surface area (Å²) in [6.07, 6.45) is 4.86. The fourth-order valence-electron chi connectivity index (χ4n) is 4.56. The highest BCUT2D eigenvalue weighted by Gasteiger charge is 2.26. The van der Waals surface area contributed by atoms with Crippen LogP contribution < -0.4 is 10.9 Å². The van der Waals surface area contributed by atoms with E-state index in [2.05, 4.69) is 12.2 Å². The summed E-state index contributed by atoms with van der Waals surface area (Å²) < 4.78 is 20.9. The van der Waals surface area contributed by atoms with E-state index in [4.69, 9.17) is 9.72 Å². The molecule has 1 fully saturated rings. The minimum Gasteiger partial charge on any atom is -0.376 e. The van der Waals surface area contributed by atoms with Gasteiger partial charge in [-0.3, -0.25) is 14.2 Å². The predicted molar refractivity (Wildman–Crippen MR) is 130 cm³/mol. The van der Waals surface area contributed by atoms with Gasteiger partial charge in [0.25, 0.3) is 5.56 Å². The average Bonchev–Trinajstić information content (AvgIpc) is 3.41. The van der Waals surface area contributed by atoms with Gasteiger partial charge in [0.2, 0.25) is 5.91 Å². The molecule has 0 spiro atoms. The van der Waals surface area contributed by atoms with Crippen LogP contribution in [0.5, 0.6) is 0 Å². The lowest BCUT2D eigenvalue weighted by atomic mass is 9.89. The van der Waals surface area contributed by atoms with Gasteiger partial charge in [0.05, 0.1) is 23.8 Å². The first-order chi connectivity index (χ1) is 16.0. The van der Waals surface area contributed by atoms with Crippen molar-refractivity contribution in [2.24, 2.45) is 5.92 Å². The lowest BCUT2D eigenvalue weighted by molar-refractivity contribution is -0.113. The summed E-state index contributed by atoms with van der Waals surface area (Å²) in [5.41, 5.74) is 1.53. The quantitative estimate of drug-likeness (QED) is 0.405. The maximum absolute atomic E-state index is 13.6. The molecule has 0 bridgehead atoms. The molecule has 2 atom stereocenters. The number of nitrogens with one attached hydrogen (secondary N) is 1. The van der Waals surface area contributed by atoms with Gasteiger partial charge < -0.3 is 10.1 Å². The Morgan fingerprint density at radius 1 is 1.39 bits per heavy atom. The van der Waals surface area contributed by atoms with E-state index in [1.54, 1.807) is 28.0 Å². The number of benzene rings is 1. The molecule has 2 aliphatic rings. The third-order valence-corrected chi connectivity index (χ3v) is 8.36. The molecular formula is C24H26FN3O3S2. The number of thioether (sulfide) groups is 1. The highest BCUT2D eigenvalue weighted by atomic mass is 32.2. The van der Waals surface area contributed by atoms with Crippen LogP contribution in [0.1, 0.15) is 36.6 Å². The second-order valence-corrected chi connectivity index (χ2v) is 10.9. The first kappa shape index (κ1) is 22.6. The second kappa shape index (κ2) is 9.56. The molecule has 1 N–H and O–H groups in total. The van der Waals surface area contributed by atoms with Gasteiger partial charge >= 0.3 is 0 Å². The van der Waals surface area contributed by atoms with Crippen LogP contribution in [-0.2, 0) is 28.9 Å². The van der Waals surface area contributed by atoms with Crippen molar-refractivity contribution in [1.29, 1.82) is 0 Å². The maximum atomic E-state index is 13.6. The molecule has 1 aliphatic heterocycles. The number of aryl methyl sites for hydroxylation is 1. The Bertz CT molecular complexity index is 1250. The number of anilines is 1. The number of halogens is 1. The molecule has 1 saturated heterocycles. The van der Waals surface area contributed by atoms with Crippen molar-refractivity contribution < 1.29 is 13.9 Å². The molecule has 9 heteroatoms.